The molecular formula is C23H26N2O3. The van der Waals surface area contributed by atoms with E-state index in [1.54, 1.807) is 24.3 Å². The van der Waals surface area contributed by atoms with Crippen molar-refractivity contribution in [3.8, 4) is 17.6 Å². The second kappa shape index (κ2) is 9.61. The molecule has 0 saturated heterocycles. The third kappa shape index (κ3) is 5.14. The van der Waals surface area contributed by atoms with Gasteiger partial charge in [-0.15, -0.1) is 0 Å². The smallest absolute Gasteiger partial charge is 0.266 e. The van der Waals surface area contributed by atoms with Gasteiger partial charge in [0.05, 0.1) is 13.2 Å². The number of carbonyl (C=O) groups is 1. The number of anilines is 1. The van der Waals surface area contributed by atoms with Crippen LogP contribution in [0.5, 0.6) is 11.5 Å². The van der Waals surface area contributed by atoms with Crippen LogP contribution in [0.1, 0.15) is 36.1 Å². The molecular weight excluding hydrogens is 352 g/mol. The lowest BCUT2D eigenvalue weighted by atomic mass is 10.0. The van der Waals surface area contributed by atoms with E-state index in [1.165, 1.54) is 0 Å². The summed E-state index contributed by atoms with van der Waals surface area (Å²) in [4.78, 5) is 12.7. The number of nitrogens with one attached hydrogen (secondary N) is 1. The fourth-order valence-electron chi connectivity index (χ4n) is 3.03. The third-order valence-corrected chi connectivity index (χ3v) is 4.16. The predicted octanol–water partition coefficient (Wildman–Crippen LogP) is 4.95. The van der Waals surface area contributed by atoms with E-state index >= 15 is 0 Å². The average molecular weight is 378 g/mol. The third-order valence-electron chi connectivity index (χ3n) is 4.16. The normalized spacial score (nSPS) is 10.9. The molecule has 0 bridgehead atoms. The van der Waals surface area contributed by atoms with Crippen LogP contribution in [0.15, 0.2) is 35.9 Å². The highest BCUT2D eigenvalue weighted by Gasteiger charge is 2.14. The number of nitriles is 1. The predicted molar refractivity (Wildman–Crippen MR) is 112 cm³/mol. The standard InChI is InChI=1S/C23H26N2O3/c1-6-27-20-9-8-18(13-21(20)28-7-2)12-19(14-24)23(26)25-22-16(4)10-15(3)11-17(22)5/h8-13H,6-7H2,1-5H3,(H,25,26)/b19-12-. The van der Waals surface area contributed by atoms with Gasteiger partial charge in [-0.2, -0.15) is 5.26 Å². The van der Waals surface area contributed by atoms with Crippen molar-refractivity contribution in [2.24, 2.45) is 0 Å². The zero-order chi connectivity index (χ0) is 20.7. The first kappa shape index (κ1) is 21.0. The highest BCUT2D eigenvalue weighted by atomic mass is 16.5. The highest BCUT2D eigenvalue weighted by Crippen LogP contribution is 2.29. The maximum Gasteiger partial charge on any atom is 0.266 e. The molecule has 0 aliphatic carbocycles. The van der Waals surface area contributed by atoms with E-state index < -0.39 is 5.91 Å². The van der Waals surface area contributed by atoms with Crippen molar-refractivity contribution >= 4 is 17.7 Å². The molecule has 146 valence electrons. The molecule has 0 fully saturated rings. The molecule has 0 atom stereocenters. The van der Waals surface area contributed by atoms with Gasteiger partial charge in [-0.1, -0.05) is 23.8 Å². The summed E-state index contributed by atoms with van der Waals surface area (Å²) in [6.45, 7) is 10.7. The summed E-state index contributed by atoms with van der Waals surface area (Å²) >= 11 is 0. The topological polar surface area (TPSA) is 71.3 Å². The first-order valence-corrected chi connectivity index (χ1v) is 9.30. The number of amides is 1. The van der Waals surface area contributed by atoms with Gasteiger partial charge in [-0.05, 0) is 69.5 Å². The van der Waals surface area contributed by atoms with Crippen LogP contribution >= 0.6 is 0 Å². The van der Waals surface area contributed by atoms with Gasteiger partial charge >= 0.3 is 0 Å². The molecule has 2 rings (SSSR count). The van der Waals surface area contributed by atoms with Gasteiger partial charge in [0.25, 0.3) is 5.91 Å². The Labute approximate surface area is 166 Å². The van der Waals surface area contributed by atoms with Gasteiger partial charge in [0.15, 0.2) is 11.5 Å². The molecule has 28 heavy (non-hydrogen) atoms. The van der Waals surface area contributed by atoms with Crippen LogP contribution < -0.4 is 14.8 Å². The molecule has 0 aliphatic rings. The zero-order valence-corrected chi connectivity index (χ0v) is 17.1. The summed E-state index contributed by atoms with van der Waals surface area (Å²) < 4.78 is 11.2. The molecule has 2 aromatic carbocycles. The van der Waals surface area contributed by atoms with E-state index in [-0.39, 0.29) is 5.57 Å². The minimum Gasteiger partial charge on any atom is -0.490 e. The fourth-order valence-corrected chi connectivity index (χ4v) is 3.03. The molecule has 2 aromatic rings. The zero-order valence-electron chi connectivity index (χ0n) is 17.1. The van der Waals surface area contributed by atoms with Crippen molar-refractivity contribution in [2.75, 3.05) is 18.5 Å². The molecule has 0 unspecified atom stereocenters. The van der Waals surface area contributed by atoms with Crippen LogP contribution in [0.4, 0.5) is 5.69 Å². The summed E-state index contributed by atoms with van der Waals surface area (Å²) in [6.07, 6.45) is 1.55. The first-order chi connectivity index (χ1) is 13.4. The number of nitrogens with zero attached hydrogens (tertiary/aromatic N) is 1. The SMILES string of the molecule is CCOc1ccc(/C=C(/C#N)C(=O)Nc2c(C)cc(C)cc2C)cc1OCC. The molecule has 1 amide bonds. The van der Waals surface area contributed by atoms with Gasteiger partial charge in [0.1, 0.15) is 11.6 Å². The molecule has 0 saturated carbocycles. The summed E-state index contributed by atoms with van der Waals surface area (Å²) in [5.41, 5.74) is 4.49. The lowest BCUT2D eigenvalue weighted by molar-refractivity contribution is -0.112. The second-order valence-electron chi connectivity index (χ2n) is 6.47. The van der Waals surface area contributed by atoms with Crippen molar-refractivity contribution in [3.05, 3.63) is 58.2 Å². The monoisotopic (exact) mass is 378 g/mol. The molecule has 5 heteroatoms. The van der Waals surface area contributed by atoms with E-state index in [0.29, 0.717) is 30.3 Å². The molecule has 1 N–H and O–H groups in total. The van der Waals surface area contributed by atoms with Crippen LogP contribution in [0, 0.1) is 32.1 Å². The number of benzene rings is 2. The number of hydrogen-bond donors (Lipinski definition) is 1. The molecule has 0 spiro atoms. The molecule has 5 nitrogen and oxygen atoms in total. The maximum atomic E-state index is 12.7. The van der Waals surface area contributed by atoms with Crippen molar-refractivity contribution in [1.82, 2.24) is 0 Å². The van der Waals surface area contributed by atoms with Crippen LogP contribution in [0.25, 0.3) is 6.08 Å². The Morgan fingerprint density at radius 1 is 1.04 bits per heavy atom. The van der Waals surface area contributed by atoms with Crippen molar-refractivity contribution in [2.45, 2.75) is 34.6 Å². The van der Waals surface area contributed by atoms with E-state index in [9.17, 15) is 10.1 Å². The second-order valence-corrected chi connectivity index (χ2v) is 6.47. The van der Waals surface area contributed by atoms with Crippen LogP contribution in [0.3, 0.4) is 0 Å². The Bertz CT molecular complexity index is 916. The lowest BCUT2D eigenvalue weighted by Crippen LogP contribution is -2.15. The van der Waals surface area contributed by atoms with Crippen LogP contribution in [-0.2, 0) is 4.79 Å². The van der Waals surface area contributed by atoms with Crippen LogP contribution in [-0.4, -0.2) is 19.1 Å². The van der Waals surface area contributed by atoms with Gasteiger partial charge < -0.3 is 14.8 Å². The fraction of sp³-hybridized carbons (Fsp3) is 0.304. The summed E-state index contributed by atoms with van der Waals surface area (Å²) in [5.74, 6) is 0.779. The number of ether oxygens (including phenoxy) is 2. The quantitative estimate of drug-likeness (QED) is 0.546. The van der Waals surface area contributed by atoms with Gasteiger partial charge in [-0.3, -0.25) is 4.79 Å². The molecule has 0 radical (unpaired) electrons. The van der Waals surface area contributed by atoms with Gasteiger partial charge in [-0.25, -0.2) is 0 Å². The van der Waals surface area contributed by atoms with E-state index in [2.05, 4.69) is 5.32 Å². The van der Waals surface area contributed by atoms with E-state index in [0.717, 1.165) is 22.4 Å². The number of carbonyl (C=O) groups excluding carboxylic acids is 1. The van der Waals surface area contributed by atoms with E-state index in [4.69, 9.17) is 9.47 Å². The first-order valence-electron chi connectivity index (χ1n) is 9.30. The van der Waals surface area contributed by atoms with Crippen molar-refractivity contribution in [1.29, 1.82) is 5.26 Å². The van der Waals surface area contributed by atoms with Crippen LogP contribution in [0.2, 0.25) is 0 Å². The Balaban J connectivity index is 2.32. The van der Waals surface area contributed by atoms with E-state index in [1.807, 2.05) is 52.8 Å². The van der Waals surface area contributed by atoms with Crippen molar-refractivity contribution < 1.29 is 14.3 Å². The Morgan fingerprint density at radius 3 is 2.21 bits per heavy atom. The molecule has 0 aromatic heterocycles. The van der Waals surface area contributed by atoms with Crippen molar-refractivity contribution in [3.63, 3.8) is 0 Å². The number of hydrogen-bond acceptors (Lipinski definition) is 4. The average Bonchev–Trinajstić information content (AvgIpc) is 2.64. The largest absolute Gasteiger partial charge is 0.490 e. The lowest BCUT2D eigenvalue weighted by Gasteiger charge is -2.13. The van der Waals surface area contributed by atoms with Gasteiger partial charge in [0, 0.05) is 5.69 Å². The minimum absolute atomic E-state index is 0.0194. The minimum atomic E-state index is -0.440. The summed E-state index contributed by atoms with van der Waals surface area (Å²) in [5, 5.41) is 12.4. The molecule has 0 heterocycles. The Kier molecular flexibility index (Phi) is 7.22. The van der Waals surface area contributed by atoms with Gasteiger partial charge in [0.2, 0.25) is 0 Å². The number of rotatable bonds is 7. The summed E-state index contributed by atoms with van der Waals surface area (Å²) in [7, 11) is 0. The Morgan fingerprint density at radius 2 is 1.64 bits per heavy atom. The maximum absolute atomic E-state index is 12.7. The number of aryl methyl sites for hydroxylation is 3. The summed E-state index contributed by atoms with van der Waals surface area (Å²) in [6, 6.07) is 11.3. The Hall–Kier alpha value is -3.26. The highest BCUT2D eigenvalue weighted by molar-refractivity contribution is 6.10. The molecule has 0 aliphatic heterocycles.